The SMILES string of the molecule is CCOC(C)OCCOCCOCCO[Si](OC)(OC)OC. The molecule has 0 saturated heterocycles. The van der Waals surface area contributed by atoms with Crippen LogP contribution in [0.1, 0.15) is 13.8 Å². The first kappa shape index (κ1) is 21.9. The summed E-state index contributed by atoms with van der Waals surface area (Å²) in [7, 11) is 1.50. The van der Waals surface area contributed by atoms with Crippen molar-refractivity contribution in [3.05, 3.63) is 0 Å². The Balaban J connectivity index is 3.37. The lowest BCUT2D eigenvalue weighted by atomic mass is 10.7. The maximum Gasteiger partial charge on any atom is 0.678 e. The van der Waals surface area contributed by atoms with Gasteiger partial charge in [-0.05, 0) is 13.8 Å². The monoisotopic (exact) mass is 342 g/mol. The lowest BCUT2D eigenvalue weighted by Crippen LogP contribution is -2.47. The maximum atomic E-state index is 5.44. The van der Waals surface area contributed by atoms with E-state index in [4.69, 9.17) is 36.7 Å². The fraction of sp³-hybridized carbons (Fsp3) is 1.00. The summed E-state index contributed by atoms with van der Waals surface area (Å²) in [5.41, 5.74) is 0. The van der Waals surface area contributed by atoms with E-state index in [2.05, 4.69) is 0 Å². The van der Waals surface area contributed by atoms with Gasteiger partial charge < -0.3 is 36.7 Å². The first-order valence-corrected chi connectivity index (χ1v) is 8.95. The Hall–Kier alpha value is -0.103. The minimum absolute atomic E-state index is 0.200. The van der Waals surface area contributed by atoms with Crippen LogP contribution >= 0.6 is 0 Å². The summed E-state index contributed by atoms with van der Waals surface area (Å²) < 4.78 is 42.1. The first-order valence-electron chi connectivity index (χ1n) is 7.32. The molecule has 0 aromatic heterocycles. The van der Waals surface area contributed by atoms with Gasteiger partial charge in [-0.3, -0.25) is 0 Å². The van der Waals surface area contributed by atoms with Gasteiger partial charge in [0.2, 0.25) is 0 Å². The molecule has 22 heavy (non-hydrogen) atoms. The predicted molar refractivity (Wildman–Crippen MR) is 81.4 cm³/mol. The van der Waals surface area contributed by atoms with Gasteiger partial charge in [0.25, 0.3) is 0 Å². The minimum Gasteiger partial charge on any atom is -0.377 e. The molecule has 0 N–H and O–H groups in total. The van der Waals surface area contributed by atoms with Crippen molar-refractivity contribution in [2.24, 2.45) is 0 Å². The largest absolute Gasteiger partial charge is 0.678 e. The average molecular weight is 342 g/mol. The highest BCUT2D eigenvalue weighted by molar-refractivity contribution is 6.53. The van der Waals surface area contributed by atoms with Gasteiger partial charge in [0.15, 0.2) is 6.29 Å². The average Bonchev–Trinajstić information content (AvgIpc) is 2.54. The molecule has 0 bridgehead atoms. The first-order chi connectivity index (χ1) is 10.6. The van der Waals surface area contributed by atoms with E-state index in [0.717, 1.165) is 0 Å². The zero-order chi connectivity index (χ0) is 16.7. The van der Waals surface area contributed by atoms with Gasteiger partial charge in [0.1, 0.15) is 0 Å². The van der Waals surface area contributed by atoms with Gasteiger partial charge in [0, 0.05) is 27.9 Å². The van der Waals surface area contributed by atoms with Gasteiger partial charge in [-0.15, -0.1) is 0 Å². The van der Waals surface area contributed by atoms with Crippen LogP contribution in [0, 0.1) is 0 Å². The van der Waals surface area contributed by atoms with E-state index in [-0.39, 0.29) is 6.29 Å². The Morgan fingerprint density at radius 2 is 1.23 bits per heavy atom. The van der Waals surface area contributed by atoms with Crippen molar-refractivity contribution < 1.29 is 36.7 Å². The molecule has 0 aliphatic heterocycles. The fourth-order valence-electron chi connectivity index (χ4n) is 1.53. The highest BCUT2D eigenvalue weighted by Gasteiger charge is 2.41. The van der Waals surface area contributed by atoms with Gasteiger partial charge in [0.05, 0.1) is 39.6 Å². The number of hydrogen-bond acceptors (Lipinski definition) is 8. The van der Waals surface area contributed by atoms with Crippen LogP contribution in [0.5, 0.6) is 0 Å². The summed E-state index contributed by atoms with van der Waals surface area (Å²) in [6, 6.07) is 0. The second-order valence-corrected chi connectivity index (χ2v) is 6.59. The Bertz CT molecular complexity index is 232. The zero-order valence-corrected chi connectivity index (χ0v) is 15.3. The molecule has 0 rings (SSSR count). The van der Waals surface area contributed by atoms with Crippen LogP contribution in [-0.4, -0.2) is 82.9 Å². The number of rotatable bonds is 16. The Morgan fingerprint density at radius 1 is 0.727 bits per heavy atom. The lowest BCUT2D eigenvalue weighted by molar-refractivity contribution is -0.137. The van der Waals surface area contributed by atoms with Crippen LogP contribution in [0.4, 0.5) is 0 Å². The Morgan fingerprint density at radius 3 is 1.73 bits per heavy atom. The molecule has 9 heteroatoms. The van der Waals surface area contributed by atoms with E-state index in [9.17, 15) is 0 Å². The summed E-state index contributed by atoms with van der Waals surface area (Å²) in [5.74, 6) is 0. The molecule has 134 valence electrons. The molecule has 0 radical (unpaired) electrons. The summed E-state index contributed by atoms with van der Waals surface area (Å²) in [6.45, 7) is 7.13. The van der Waals surface area contributed by atoms with E-state index in [0.29, 0.717) is 46.2 Å². The third kappa shape index (κ3) is 10.6. The molecule has 0 aliphatic rings. The van der Waals surface area contributed by atoms with Crippen LogP contribution in [0.25, 0.3) is 0 Å². The fourth-order valence-corrected chi connectivity index (χ4v) is 2.72. The number of ether oxygens (including phenoxy) is 4. The molecule has 8 nitrogen and oxygen atoms in total. The second kappa shape index (κ2) is 14.5. The van der Waals surface area contributed by atoms with Gasteiger partial charge in [-0.2, -0.15) is 0 Å². The van der Waals surface area contributed by atoms with Crippen LogP contribution in [0.15, 0.2) is 0 Å². The second-order valence-electron chi connectivity index (χ2n) is 4.08. The van der Waals surface area contributed by atoms with E-state index < -0.39 is 9.05 Å². The smallest absolute Gasteiger partial charge is 0.377 e. The molecule has 0 spiro atoms. The summed E-state index contributed by atoms with van der Waals surface area (Å²) in [5, 5.41) is 0. The Kier molecular flexibility index (Phi) is 14.4. The molecule has 0 saturated carbocycles. The molecule has 0 aromatic rings. The van der Waals surface area contributed by atoms with Crippen molar-refractivity contribution in [2.45, 2.75) is 20.1 Å². The molecule has 0 fully saturated rings. The summed E-state index contributed by atoms with van der Waals surface area (Å²) in [6.07, 6.45) is -0.200. The van der Waals surface area contributed by atoms with Crippen LogP contribution in [0.3, 0.4) is 0 Å². The Labute approximate surface area is 134 Å². The molecule has 0 aliphatic carbocycles. The quantitative estimate of drug-likeness (QED) is 0.232. The highest BCUT2D eigenvalue weighted by Crippen LogP contribution is 2.07. The summed E-state index contributed by atoms with van der Waals surface area (Å²) in [4.78, 5) is 0. The van der Waals surface area contributed by atoms with E-state index >= 15 is 0 Å². The van der Waals surface area contributed by atoms with Gasteiger partial charge in [-0.25, -0.2) is 0 Å². The van der Waals surface area contributed by atoms with E-state index in [1.807, 2.05) is 13.8 Å². The molecule has 1 unspecified atom stereocenters. The predicted octanol–water partition coefficient (Wildman–Crippen LogP) is 0.810. The van der Waals surface area contributed by atoms with Gasteiger partial charge >= 0.3 is 9.05 Å². The molecule has 0 aromatic carbocycles. The van der Waals surface area contributed by atoms with Crippen molar-refractivity contribution in [3.63, 3.8) is 0 Å². The topological polar surface area (TPSA) is 73.8 Å². The van der Waals surface area contributed by atoms with Crippen molar-refractivity contribution >= 4 is 9.05 Å². The molecular formula is C13H30O8Si. The van der Waals surface area contributed by atoms with Crippen LogP contribution in [0.2, 0.25) is 0 Å². The van der Waals surface area contributed by atoms with Crippen molar-refractivity contribution in [1.82, 2.24) is 0 Å². The summed E-state index contributed by atoms with van der Waals surface area (Å²) >= 11 is 0. The molecule has 0 heterocycles. The third-order valence-electron chi connectivity index (χ3n) is 2.61. The molecular weight excluding hydrogens is 312 g/mol. The zero-order valence-electron chi connectivity index (χ0n) is 14.3. The maximum absolute atomic E-state index is 5.44. The number of hydrogen-bond donors (Lipinski definition) is 0. The molecule has 1 atom stereocenters. The third-order valence-corrected chi connectivity index (χ3v) is 4.67. The van der Waals surface area contributed by atoms with Crippen LogP contribution in [-0.2, 0) is 36.7 Å². The van der Waals surface area contributed by atoms with Crippen molar-refractivity contribution in [3.8, 4) is 0 Å². The van der Waals surface area contributed by atoms with Crippen molar-refractivity contribution in [2.75, 3.05) is 67.6 Å². The standard InChI is InChI=1S/C13H30O8Si/c1-6-19-13(2)20-11-9-17-7-8-18-10-12-21-22(14-3,15-4)16-5/h13H,6-12H2,1-5H3. The normalized spacial score (nSPS) is 13.5. The van der Waals surface area contributed by atoms with E-state index in [1.165, 1.54) is 21.3 Å². The van der Waals surface area contributed by atoms with E-state index in [1.54, 1.807) is 0 Å². The van der Waals surface area contributed by atoms with Crippen molar-refractivity contribution in [1.29, 1.82) is 0 Å². The van der Waals surface area contributed by atoms with Crippen LogP contribution < -0.4 is 0 Å². The lowest BCUT2D eigenvalue weighted by Gasteiger charge is -2.22. The van der Waals surface area contributed by atoms with Gasteiger partial charge in [-0.1, -0.05) is 0 Å². The highest BCUT2D eigenvalue weighted by atomic mass is 28.4. The molecule has 0 amide bonds. The minimum atomic E-state index is -2.96.